The van der Waals surface area contributed by atoms with Crippen LogP contribution in [0.4, 0.5) is 11.5 Å². The highest BCUT2D eigenvalue weighted by atomic mass is 16.1. The number of aromatic nitrogens is 4. The van der Waals surface area contributed by atoms with Gasteiger partial charge in [-0.25, -0.2) is 4.98 Å². The Morgan fingerprint density at radius 3 is 2.58 bits per heavy atom. The van der Waals surface area contributed by atoms with Crippen LogP contribution >= 0.6 is 0 Å². The minimum atomic E-state index is -0.285. The van der Waals surface area contributed by atoms with E-state index < -0.39 is 0 Å². The highest BCUT2D eigenvalue weighted by molar-refractivity contribution is 6.02. The topological polar surface area (TPSA) is 75.9 Å². The summed E-state index contributed by atoms with van der Waals surface area (Å²) < 4.78 is 1.95. The summed E-state index contributed by atoms with van der Waals surface area (Å²) in [6.07, 6.45) is 3.65. The van der Waals surface area contributed by atoms with E-state index in [9.17, 15) is 4.79 Å². The molecule has 0 saturated carbocycles. The molecule has 0 aliphatic carbocycles. The number of anilines is 2. The molecule has 2 heterocycles. The molecule has 1 amide bonds. The first-order valence-corrected chi connectivity index (χ1v) is 7.51. The van der Waals surface area contributed by atoms with Gasteiger partial charge >= 0.3 is 0 Å². The molecule has 0 fully saturated rings. The van der Waals surface area contributed by atoms with Crippen molar-refractivity contribution < 1.29 is 4.79 Å². The van der Waals surface area contributed by atoms with Gasteiger partial charge in [-0.3, -0.25) is 4.79 Å². The Balaban J connectivity index is 1.66. The van der Waals surface area contributed by atoms with Gasteiger partial charge in [0.1, 0.15) is 5.82 Å². The number of aryl methyl sites for hydroxylation is 1. The molecule has 0 aliphatic heterocycles. The van der Waals surface area contributed by atoms with Crippen molar-refractivity contribution in [1.82, 2.24) is 19.7 Å². The van der Waals surface area contributed by atoms with Gasteiger partial charge in [-0.1, -0.05) is 18.2 Å². The molecule has 0 radical (unpaired) electrons. The largest absolute Gasteiger partial charge is 0.351 e. The lowest BCUT2D eigenvalue weighted by molar-refractivity contribution is 0.102. The SMILES string of the molecule is CN(Cc1nccn1C)c1ccc(C(=O)Nc2ccccc2)nn1. The Bertz CT molecular complexity index is 813. The van der Waals surface area contributed by atoms with E-state index in [1.54, 1.807) is 18.3 Å². The first-order chi connectivity index (χ1) is 11.6. The van der Waals surface area contributed by atoms with Crippen molar-refractivity contribution in [3.8, 4) is 0 Å². The summed E-state index contributed by atoms with van der Waals surface area (Å²) in [5, 5.41) is 10.9. The molecule has 0 atom stereocenters. The number of hydrogen-bond acceptors (Lipinski definition) is 5. The lowest BCUT2D eigenvalue weighted by Gasteiger charge is -2.17. The summed E-state index contributed by atoms with van der Waals surface area (Å²) >= 11 is 0. The molecule has 1 N–H and O–H groups in total. The Morgan fingerprint density at radius 2 is 1.96 bits per heavy atom. The van der Waals surface area contributed by atoms with Gasteiger partial charge in [-0.2, -0.15) is 0 Å². The summed E-state index contributed by atoms with van der Waals surface area (Å²) in [5.74, 6) is 1.31. The van der Waals surface area contributed by atoms with Crippen LogP contribution in [0.15, 0.2) is 54.9 Å². The molecular weight excluding hydrogens is 304 g/mol. The molecule has 3 aromatic rings. The Hall–Kier alpha value is -3.22. The van der Waals surface area contributed by atoms with E-state index in [2.05, 4.69) is 20.5 Å². The second-order valence-corrected chi connectivity index (χ2v) is 5.41. The standard InChI is InChI=1S/C17H18N6O/c1-22-11-10-18-16(22)12-23(2)15-9-8-14(20-21-15)17(24)19-13-6-4-3-5-7-13/h3-11H,12H2,1-2H3,(H,19,24). The third-order valence-corrected chi connectivity index (χ3v) is 3.61. The van der Waals surface area contributed by atoms with Crippen LogP contribution in [0.1, 0.15) is 16.3 Å². The number of carbonyl (C=O) groups excluding carboxylic acids is 1. The number of nitrogens with zero attached hydrogens (tertiary/aromatic N) is 5. The molecule has 24 heavy (non-hydrogen) atoms. The maximum atomic E-state index is 12.2. The fraction of sp³-hybridized carbons (Fsp3) is 0.176. The Morgan fingerprint density at radius 1 is 1.17 bits per heavy atom. The first-order valence-electron chi connectivity index (χ1n) is 7.51. The van der Waals surface area contributed by atoms with Gasteiger partial charge in [-0.05, 0) is 24.3 Å². The number of imidazole rings is 1. The Kier molecular flexibility index (Phi) is 4.51. The van der Waals surface area contributed by atoms with Gasteiger partial charge in [0.15, 0.2) is 11.5 Å². The zero-order chi connectivity index (χ0) is 16.9. The first kappa shape index (κ1) is 15.7. The maximum Gasteiger partial charge on any atom is 0.276 e. The Labute approximate surface area is 140 Å². The maximum absolute atomic E-state index is 12.2. The third kappa shape index (κ3) is 3.57. The van der Waals surface area contributed by atoms with E-state index in [4.69, 9.17) is 0 Å². The molecule has 1 aromatic carbocycles. The molecule has 7 heteroatoms. The minimum Gasteiger partial charge on any atom is -0.351 e. The highest BCUT2D eigenvalue weighted by Gasteiger charge is 2.11. The second kappa shape index (κ2) is 6.91. The highest BCUT2D eigenvalue weighted by Crippen LogP contribution is 2.12. The summed E-state index contributed by atoms with van der Waals surface area (Å²) in [5.41, 5.74) is 0.994. The van der Waals surface area contributed by atoms with Gasteiger partial charge in [0.2, 0.25) is 0 Å². The van der Waals surface area contributed by atoms with Crippen LogP contribution in [0.2, 0.25) is 0 Å². The van der Waals surface area contributed by atoms with Crippen LogP contribution in [0.25, 0.3) is 0 Å². The van der Waals surface area contributed by atoms with Crippen LogP contribution in [-0.4, -0.2) is 32.7 Å². The number of rotatable bonds is 5. The molecule has 0 aliphatic rings. The molecule has 122 valence electrons. The van der Waals surface area contributed by atoms with Crippen molar-refractivity contribution in [1.29, 1.82) is 0 Å². The molecule has 0 saturated heterocycles. The van der Waals surface area contributed by atoms with Crippen LogP contribution in [0.5, 0.6) is 0 Å². The zero-order valence-corrected chi connectivity index (χ0v) is 13.5. The van der Waals surface area contributed by atoms with Crippen molar-refractivity contribution in [3.63, 3.8) is 0 Å². The van der Waals surface area contributed by atoms with Gasteiger partial charge in [0.05, 0.1) is 6.54 Å². The van der Waals surface area contributed by atoms with E-state index in [0.717, 1.165) is 11.5 Å². The van der Waals surface area contributed by atoms with Crippen molar-refractivity contribution >= 4 is 17.4 Å². The van der Waals surface area contributed by atoms with E-state index in [1.165, 1.54) is 0 Å². The van der Waals surface area contributed by atoms with Crippen LogP contribution < -0.4 is 10.2 Å². The number of para-hydroxylation sites is 1. The third-order valence-electron chi connectivity index (χ3n) is 3.61. The summed E-state index contributed by atoms with van der Waals surface area (Å²) in [6, 6.07) is 12.7. The zero-order valence-electron chi connectivity index (χ0n) is 13.5. The fourth-order valence-corrected chi connectivity index (χ4v) is 2.21. The average Bonchev–Trinajstić information content (AvgIpc) is 3.00. The molecule has 3 rings (SSSR count). The van der Waals surface area contributed by atoms with Crippen molar-refractivity contribution in [2.45, 2.75) is 6.54 Å². The van der Waals surface area contributed by atoms with Crippen molar-refractivity contribution in [3.05, 3.63) is 66.4 Å². The lowest BCUT2D eigenvalue weighted by atomic mass is 10.3. The van der Waals surface area contributed by atoms with Crippen LogP contribution in [0, 0.1) is 0 Å². The molecule has 0 spiro atoms. The predicted molar refractivity (Wildman–Crippen MR) is 91.7 cm³/mol. The molecule has 0 unspecified atom stereocenters. The number of nitrogens with one attached hydrogen (secondary N) is 1. The lowest BCUT2D eigenvalue weighted by Crippen LogP contribution is -2.21. The second-order valence-electron chi connectivity index (χ2n) is 5.41. The van der Waals surface area contributed by atoms with Crippen molar-refractivity contribution in [2.75, 3.05) is 17.3 Å². The average molecular weight is 322 g/mol. The summed E-state index contributed by atoms with van der Waals surface area (Å²) in [6.45, 7) is 0.605. The van der Waals surface area contributed by atoms with Crippen molar-refractivity contribution in [2.24, 2.45) is 7.05 Å². The number of benzene rings is 1. The van der Waals surface area contributed by atoms with E-state index in [-0.39, 0.29) is 11.6 Å². The monoisotopic (exact) mass is 322 g/mol. The summed E-state index contributed by atoms with van der Waals surface area (Å²) in [4.78, 5) is 18.4. The van der Waals surface area contributed by atoms with E-state index in [1.807, 2.05) is 60.1 Å². The van der Waals surface area contributed by atoms with Gasteiger partial charge in [-0.15, -0.1) is 10.2 Å². The number of hydrogen-bond donors (Lipinski definition) is 1. The van der Waals surface area contributed by atoms with E-state index >= 15 is 0 Å². The van der Waals surface area contributed by atoms with Crippen LogP contribution in [-0.2, 0) is 13.6 Å². The summed E-state index contributed by atoms with van der Waals surface area (Å²) in [7, 11) is 3.85. The molecule has 2 aromatic heterocycles. The minimum absolute atomic E-state index is 0.271. The van der Waals surface area contributed by atoms with Crippen LogP contribution in [0.3, 0.4) is 0 Å². The molecule has 0 bridgehead atoms. The predicted octanol–water partition coefficient (Wildman–Crippen LogP) is 2.10. The van der Waals surface area contributed by atoms with E-state index in [0.29, 0.717) is 12.4 Å². The fourth-order valence-electron chi connectivity index (χ4n) is 2.21. The normalized spacial score (nSPS) is 10.4. The van der Waals surface area contributed by atoms with Gasteiger partial charge in [0, 0.05) is 32.2 Å². The van der Waals surface area contributed by atoms with Gasteiger partial charge < -0.3 is 14.8 Å². The quantitative estimate of drug-likeness (QED) is 0.778. The number of amides is 1. The van der Waals surface area contributed by atoms with Gasteiger partial charge in [0.25, 0.3) is 5.91 Å². The smallest absolute Gasteiger partial charge is 0.276 e. The number of carbonyl (C=O) groups is 1. The molecule has 7 nitrogen and oxygen atoms in total. The molecular formula is C17H18N6O.